The second kappa shape index (κ2) is 3.59. The Balaban J connectivity index is 2.24. The van der Waals surface area contributed by atoms with Crippen LogP contribution in [0.15, 0.2) is 0 Å². The van der Waals surface area contributed by atoms with E-state index < -0.39 is 0 Å². The molecule has 1 rings (SSSR count). The molecule has 0 heterocycles. The number of rotatable bonds is 2. The van der Waals surface area contributed by atoms with E-state index in [1.54, 1.807) is 0 Å². The highest BCUT2D eigenvalue weighted by Crippen LogP contribution is 2.24. The topological polar surface area (TPSA) is 26.3 Å². The van der Waals surface area contributed by atoms with Crippen LogP contribution < -0.4 is 0 Å². The van der Waals surface area contributed by atoms with E-state index in [2.05, 4.69) is 6.92 Å². The highest BCUT2D eigenvalue weighted by atomic mass is 16.5. The van der Waals surface area contributed by atoms with Crippen molar-refractivity contribution in [1.29, 1.82) is 0 Å². The largest absolute Gasteiger partial charge is 0.465 e. The average Bonchev–Trinajstić information content (AvgIpc) is 1.88. The maximum Gasteiger partial charge on any atom is 0.293 e. The zero-order chi connectivity index (χ0) is 7.40. The van der Waals surface area contributed by atoms with E-state index in [1.165, 1.54) is 12.8 Å². The van der Waals surface area contributed by atoms with Crippen molar-refractivity contribution in [3.8, 4) is 0 Å². The molecule has 0 radical (unpaired) electrons. The van der Waals surface area contributed by atoms with Gasteiger partial charge < -0.3 is 4.74 Å². The summed E-state index contributed by atoms with van der Waals surface area (Å²) in [6, 6.07) is 0. The maximum absolute atomic E-state index is 9.96. The fourth-order valence-corrected chi connectivity index (χ4v) is 1.58. The molecule has 0 spiro atoms. The first kappa shape index (κ1) is 7.58. The van der Waals surface area contributed by atoms with Gasteiger partial charge in [-0.2, -0.15) is 0 Å². The Hall–Kier alpha value is -0.530. The van der Waals surface area contributed by atoms with Crippen molar-refractivity contribution in [2.45, 2.75) is 38.7 Å². The first-order chi connectivity index (χ1) is 4.83. The molecule has 2 nitrogen and oxygen atoms in total. The molecule has 0 amide bonds. The highest BCUT2D eigenvalue weighted by Gasteiger charge is 2.18. The molecule has 0 aromatic carbocycles. The molecule has 58 valence electrons. The number of hydrogen-bond acceptors (Lipinski definition) is 2. The van der Waals surface area contributed by atoms with E-state index in [0.717, 1.165) is 18.8 Å². The minimum atomic E-state index is 0.209. The fourth-order valence-electron chi connectivity index (χ4n) is 1.58. The minimum absolute atomic E-state index is 0.209. The van der Waals surface area contributed by atoms with E-state index >= 15 is 0 Å². The molecule has 0 aromatic heterocycles. The summed E-state index contributed by atoms with van der Waals surface area (Å²) in [5.41, 5.74) is 0. The predicted molar refractivity (Wildman–Crippen MR) is 38.6 cm³/mol. The predicted octanol–water partition coefficient (Wildman–Crippen LogP) is 1.74. The SMILES string of the molecule is C[C@@H]1CCCC(OC=O)C1. The Morgan fingerprint density at radius 1 is 1.50 bits per heavy atom. The second-order valence-electron chi connectivity index (χ2n) is 3.13. The van der Waals surface area contributed by atoms with E-state index in [-0.39, 0.29) is 6.10 Å². The molecular weight excluding hydrogens is 128 g/mol. The van der Waals surface area contributed by atoms with Gasteiger partial charge in [0.25, 0.3) is 6.47 Å². The standard InChI is InChI=1S/C8H14O2/c1-7-3-2-4-8(5-7)10-6-9/h6-8H,2-5H2,1H3/t7-,8?/m1/s1. The maximum atomic E-state index is 9.96. The molecule has 1 fully saturated rings. The van der Waals surface area contributed by atoms with Gasteiger partial charge in [-0.25, -0.2) is 0 Å². The Labute approximate surface area is 61.6 Å². The normalized spacial score (nSPS) is 33.3. The van der Waals surface area contributed by atoms with Crippen LogP contribution in [0.2, 0.25) is 0 Å². The van der Waals surface area contributed by atoms with Crippen molar-refractivity contribution < 1.29 is 9.53 Å². The molecule has 1 saturated carbocycles. The first-order valence-electron chi connectivity index (χ1n) is 3.92. The summed E-state index contributed by atoms with van der Waals surface area (Å²) in [4.78, 5) is 9.96. The zero-order valence-corrected chi connectivity index (χ0v) is 6.38. The number of ether oxygens (including phenoxy) is 1. The molecule has 1 aliphatic carbocycles. The molecule has 0 aliphatic heterocycles. The van der Waals surface area contributed by atoms with Crippen LogP contribution in [0, 0.1) is 5.92 Å². The molecule has 2 heteroatoms. The summed E-state index contributed by atoms with van der Waals surface area (Å²) in [7, 11) is 0. The van der Waals surface area contributed by atoms with Gasteiger partial charge in [-0.15, -0.1) is 0 Å². The van der Waals surface area contributed by atoms with Crippen LogP contribution in [0.4, 0.5) is 0 Å². The quantitative estimate of drug-likeness (QED) is 0.549. The van der Waals surface area contributed by atoms with Gasteiger partial charge in [-0.05, 0) is 25.2 Å². The monoisotopic (exact) mass is 142 g/mol. The van der Waals surface area contributed by atoms with Crippen molar-refractivity contribution in [2.75, 3.05) is 0 Å². The average molecular weight is 142 g/mol. The van der Waals surface area contributed by atoms with Crippen LogP contribution in [0.1, 0.15) is 32.6 Å². The van der Waals surface area contributed by atoms with Gasteiger partial charge in [0.15, 0.2) is 0 Å². The second-order valence-corrected chi connectivity index (χ2v) is 3.13. The summed E-state index contributed by atoms with van der Waals surface area (Å²) in [5.74, 6) is 0.735. The Kier molecular flexibility index (Phi) is 2.72. The van der Waals surface area contributed by atoms with Crippen molar-refractivity contribution in [3.63, 3.8) is 0 Å². The van der Waals surface area contributed by atoms with Gasteiger partial charge in [0.2, 0.25) is 0 Å². The molecule has 2 atom stereocenters. The Morgan fingerprint density at radius 2 is 2.30 bits per heavy atom. The van der Waals surface area contributed by atoms with E-state index in [0.29, 0.717) is 6.47 Å². The molecule has 1 unspecified atom stereocenters. The summed E-state index contributed by atoms with van der Waals surface area (Å²) in [5, 5.41) is 0. The molecule has 0 N–H and O–H groups in total. The molecule has 0 saturated heterocycles. The molecule has 0 aromatic rings. The van der Waals surface area contributed by atoms with Crippen molar-refractivity contribution in [2.24, 2.45) is 5.92 Å². The van der Waals surface area contributed by atoms with Crippen LogP contribution >= 0.6 is 0 Å². The van der Waals surface area contributed by atoms with Crippen molar-refractivity contribution >= 4 is 6.47 Å². The van der Waals surface area contributed by atoms with Gasteiger partial charge in [-0.1, -0.05) is 13.3 Å². The summed E-state index contributed by atoms with van der Waals surface area (Å²) in [6.45, 7) is 2.78. The number of carbonyl (C=O) groups is 1. The Bertz CT molecular complexity index is 112. The molecule has 10 heavy (non-hydrogen) atoms. The summed E-state index contributed by atoms with van der Waals surface area (Å²) in [6.07, 6.45) is 4.82. The summed E-state index contributed by atoms with van der Waals surface area (Å²) < 4.78 is 4.87. The lowest BCUT2D eigenvalue weighted by Gasteiger charge is -2.24. The van der Waals surface area contributed by atoms with Crippen LogP contribution in [-0.4, -0.2) is 12.6 Å². The summed E-state index contributed by atoms with van der Waals surface area (Å²) >= 11 is 0. The van der Waals surface area contributed by atoms with Gasteiger partial charge in [-0.3, -0.25) is 4.79 Å². The first-order valence-corrected chi connectivity index (χ1v) is 3.92. The van der Waals surface area contributed by atoms with Gasteiger partial charge in [0, 0.05) is 0 Å². The van der Waals surface area contributed by atoms with Crippen molar-refractivity contribution in [3.05, 3.63) is 0 Å². The third-order valence-electron chi connectivity index (χ3n) is 2.14. The van der Waals surface area contributed by atoms with Crippen LogP contribution in [0.25, 0.3) is 0 Å². The minimum Gasteiger partial charge on any atom is -0.465 e. The third kappa shape index (κ3) is 2.01. The zero-order valence-electron chi connectivity index (χ0n) is 6.38. The van der Waals surface area contributed by atoms with E-state index in [1.807, 2.05) is 0 Å². The lowest BCUT2D eigenvalue weighted by Crippen LogP contribution is -2.20. The van der Waals surface area contributed by atoms with Gasteiger partial charge in [0.1, 0.15) is 6.10 Å². The van der Waals surface area contributed by atoms with Crippen molar-refractivity contribution in [1.82, 2.24) is 0 Å². The number of carbonyl (C=O) groups excluding carboxylic acids is 1. The smallest absolute Gasteiger partial charge is 0.293 e. The lowest BCUT2D eigenvalue weighted by molar-refractivity contribution is -0.135. The van der Waals surface area contributed by atoms with Crippen LogP contribution in [0.3, 0.4) is 0 Å². The highest BCUT2D eigenvalue weighted by molar-refractivity contribution is 5.37. The fraction of sp³-hybridized carbons (Fsp3) is 0.875. The van der Waals surface area contributed by atoms with E-state index in [9.17, 15) is 4.79 Å². The van der Waals surface area contributed by atoms with Crippen LogP contribution in [-0.2, 0) is 9.53 Å². The molecule has 0 bridgehead atoms. The Morgan fingerprint density at radius 3 is 2.90 bits per heavy atom. The third-order valence-corrected chi connectivity index (χ3v) is 2.14. The van der Waals surface area contributed by atoms with Gasteiger partial charge in [0.05, 0.1) is 0 Å². The lowest BCUT2D eigenvalue weighted by atomic mass is 9.89. The molecule has 1 aliphatic rings. The number of hydrogen-bond donors (Lipinski definition) is 0. The van der Waals surface area contributed by atoms with Gasteiger partial charge >= 0.3 is 0 Å². The van der Waals surface area contributed by atoms with E-state index in [4.69, 9.17) is 4.74 Å². The van der Waals surface area contributed by atoms with Crippen LogP contribution in [0.5, 0.6) is 0 Å². The molecular formula is C8H14O2.